The Labute approximate surface area is 189 Å². The highest BCUT2D eigenvalue weighted by Crippen LogP contribution is 2.19. The van der Waals surface area contributed by atoms with Gasteiger partial charge in [-0.2, -0.15) is 0 Å². The van der Waals surface area contributed by atoms with Crippen LogP contribution in [0.4, 0.5) is 10.1 Å². The Bertz CT molecular complexity index is 1140. The van der Waals surface area contributed by atoms with Crippen molar-refractivity contribution in [2.24, 2.45) is 0 Å². The summed E-state index contributed by atoms with van der Waals surface area (Å²) in [5.74, 6) is -2.91. The zero-order valence-corrected chi connectivity index (χ0v) is 17.9. The highest BCUT2D eigenvalue weighted by molar-refractivity contribution is 6.30. The summed E-state index contributed by atoms with van der Waals surface area (Å²) >= 11 is 5.66. The number of amides is 2. The van der Waals surface area contributed by atoms with Crippen molar-refractivity contribution in [1.82, 2.24) is 5.32 Å². The third kappa shape index (κ3) is 5.92. The molecule has 0 aliphatic rings. The minimum atomic E-state index is -1.00. The summed E-state index contributed by atoms with van der Waals surface area (Å²) in [5, 5.41) is 5.56. The second-order valence-electron chi connectivity index (χ2n) is 6.90. The van der Waals surface area contributed by atoms with Crippen LogP contribution in [-0.2, 0) is 9.53 Å². The van der Waals surface area contributed by atoms with Crippen LogP contribution in [0.5, 0.6) is 0 Å². The van der Waals surface area contributed by atoms with Crippen molar-refractivity contribution in [3.05, 3.63) is 100 Å². The van der Waals surface area contributed by atoms with E-state index in [1.165, 1.54) is 12.1 Å². The molecule has 0 saturated heterocycles. The number of nitrogens with one attached hydrogen (secondary N) is 2. The van der Waals surface area contributed by atoms with Crippen LogP contribution in [0.15, 0.2) is 72.8 Å². The molecular formula is C24H20ClFN2O4. The first-order chi connectivity index (χ1) is 15.3. The first-order valence-corrected chi connectivity index (χ1v) is 10.1. The number of carbonyl (C=O) groups excluding carboxylic acids is 3. The predicted octanol–water partition coefficient (Wildman–Crippen LogP) is 4.77. The van der Waals surface area contributed by atoms with E-state index in [0.717, 1.165) is 11.6 Å². The van der Waals surface area contributed by atoms with Gasteiger partial charge in [0.25, 0.3) is 11.8 Å². The lowest BCUT2D eigenvalue weighted by Crippen LogP contribution is -2.28. The molecule has 0 aliphatic carbocycles. The molecule has 164 valence electrons. The third-order valence-electron chi connectivity index (χ3n) is 4.58. The highest BCUT2D eigenvalue weighted by Gasteiger charge is 2.18. The van der Waals surface area contributed by atoms with Crippen LogP contribution in [-0.4, -0.2) is 24.4 Å². The summed E-state index contributed by atoms with van der Waals surface area (Å²) in [6, 6.07) is 19.1. The number of rotatable bonds is 7. The lowest BCUT2D eigenvalue weighted by molar-refractivity contribution is -0.119. The molecule has 0 saturated carbocycles. The Hall–Kier alpha value is -3.71. The maximum Gasteiger partial charge on any atom is 0.341 e. The van der Waals surface area contributed by atoms with Gasteiger partial charge in [0.1, 0.15) is 5.82 Å². The monoisotopic (exact) mass is 454 g/mol. The van der Waals surface area contributed by atoms with E-state index < -0.39 is 24.3 Å². The second kappa shape index (κ2) is 10.5. The maximum absolute atomic E-state index is 13.8. The molecule has 0 spiro atoms. The van der Waals surface area contributed by atoms with E-state index in [2.05, 4.69) is 10.6 Å². The highest BCUT2D eigenvalue weighted by atomic mass is 35.5. The first-order valence-electron chi connectivity index (χ1n) is 9.72. The topological polar surface area (TPSA) is 84.5 Å². The number of carbonyl (C=O) groups is 3. The number of benzene rings is 3. The van der Waals surface area contributed by atoms with Crippen molar-refractivity contribution in [3.63, 3.8) is 0 Å². The molecule has 0 heterocycles. The van der Waals surface area contributed by atoms with E-state index in [1.807, 2.05) is 37.3 Å². The molecule has 8 heteroatoms. The van der Waals surface area contributed by atoms with Crippen LogP contribution >= 0.6 is 11.6 Å². The van der Waals surface area contributed by atoms with Crippen molar-refractivity contribution >= 4 is 35.1 Å². The Morgan fingerprint density at radius 2 is 1.66 bits per heavy atom. The zero-order chi connectivity index (χ0) is 23.1. The molecule has 1 atom stereocenters. The molecule has 3 rings (SSSR count). The zero-order valence-electron chi connectivity index (χ0n) is 17.1. The molecule has 1 unspecified atom stereocenters. The van der Waals surface area contributed by atoms with E-state index in [0.29, 0.717) is 0 Å². The Kier molecular flexibility index (Phi) is 7.57. The summed E-state index contributed by atoms with van der Waals surface area (Å²) in [7, 11) is 0. The molecule has 0 aliphatic heterocycles. The Morgan fingerprint density at radius 3 is 2.38 bits per heavy atom. The van der Waals surface area contributed by atoms with Gasteiger partial charge in [-0.1, -0.05) is 54.1 Å². The van der Waals surface area contributed by atoms with Crippen molar-refractivity contribution < 1.29 is 23.5 Å². The van der Waals surface area contributed by atoms with Gasteiger partial charge >= 0.3 is 5.97 Å². The van der Waals surface area contributed by atoms with Gasteiger partial charge < -0.3 is 15.4 Å². The van der Waals surface area contributed by atoms with E-state index >= 15 is 0 Å². The lowest BCUT2D eigenvalue weighted by atomic mass is 10.1. The maximum atomic E-state index is 13.8. The van der Waals surface area contributed by atoms with Crippen molar-refractivity contribution in [2.45, 2.75) is 13.0 Å². The third-order valence-corrected chi connectivity index (χ3v) is 4.81. The van der Waals surface area contributed by atoms with Crippen LogP contribution < -0.4 is 10.6 Å². The molecule has 3 aromatic rings. The normalized spacial score (nSPS) is 11.3. The number of hydrogen-bond acceptors (Lipinski definition) is 4. The average molecular weight is 455 g/mol. The summed E-state index contributed by atoms with van der Waals surface area (Å²) in [4.78, 5) is 37.0. The number of hydrogen-bond donors (Lipinski definition) is 2. The van der Waals surface area contributed by atoms with E-state index in [9.17, 15) is 18.8 Å². The SMILES string of the molecule is CC(NC(=O)c1ccccc1NC(=O)COC(=O)c1ccc(Cl)cc1F)c1ccccc1. The van der Waals surface area contributed by atoms with Crippen LogP contribution in [0.25, 0.3) is 0 Å². The molecule has 3 aromatic carbocycles. The first kappa shape index (κ1) is 23.0. The predicted molar refractivity (Wildman–Crippen MR) is 119 cm³/mol. The van der Waals surface area contributed by atoms with Gasteiger partial charge in [0.15, 0.2) is 6.61 Å². The van der Waals surface area contributed by atoms with Crippen LogP contribution in [0.3, 0.4) is 0 Å². The molecule has 0 bridgehead atoms. The molecular weight excluding hydrogens is 435 g/mol. The fourth-order valence-corrected chi connectivity index (χ4v) is 3.10. The van der Waals surface area contributed by atoms with Gasteiger partial charge in [0.05, 0.1) is 22.9 Å². The van der Waals surface area contributed by atoms with Gasteiger partial charge in [-0.3, -0.25) is 9.59 Å². The number of esters is 1. The van der Waals surface area contributed by atoms with Gasteiger partial charge in [0.2, 0.25) is 0 Å². The Balaban J connectivity index is 1.62. The smallest absolute Gasteiger partial charge is 0.341 e. The lowest BCUT2D eigenvalue weighted by Gasteiger charge is -2.16. The Morgan fingerprint density at radius 1 is 0.969 bits per heavy atom. The van der Waals surface area contributed by atoms with Gasteiger partial charge in [0, 0.05) is 5.02 Å². The molecule has 0 fully saturated rings. The van der Waals surface area contributed by atoms with Crippen LogP contribution in [0.2, 0.25) is 5.02 Å². The summed E-state index contributed by atoms with van der Waals surface area (Å²) in [6.45, 7) is 1.20. The molecule has 0 aromatic heterocycles. The fourth-order valence-electron chi connectivity index (χ4n) is 2.94. The van der Waals surface area contributed by atoms with E-state index in [1.54, 1.807) is 24.3 Å². The standard InChI is InChI=1S/C24H20ClFN2O4/c1-15(16-7-3-2-4-8-16)27-23(30)19-9-5-6-10-21(19)28-22(29)14-32-24(31)18-12-11-17(25)13-20(18)26/h2-13,15H,14H2,1H3,(H,27,30)(H,28,29). The van der Waals surface area contributed by atoms with Crippen molar-refractivity contribution in [2.75, 3.05) is 11.9 Å². The molecule has 6 nitrogen and oxygen atoms in total. The second-order valence-corrected chi connectivity index (χ2v) is 7.34. The number of ether oxygens (including phenoxy) is 1. The summed E-state index contributed by atoms with van der Waals surface area (Å²) < 4.78 is 18.7. The van der Waals surface area contributed by atoms with Crippen molar-refractivity contribution in [1.29, 1.82) is 0 Å². The number of halogens is 2. The molecule has 0 radical (unpaired) electrons. The van der Waals surface area contributed by atoms with Crippen molar-refractivity contribution in [3.8, 4) is 0 Å². The number of anilines is 1. The fraction of sp³-hybridized carbons (Fsp3) is 0.125. The number of para-hydroxylation sites is 1. The molecule has 2 N–H and O–H groups in total. The van der Waals surface area contributed by atoms with E-state index in [-0.39, 0.29) is 33.8 Å². The van der Waals surface area contributed by atoms with E-state index in [4.69, 9.17) is 16.3 Å². The summed E-state index contributed by atoms with van der Waals surface area (Å²) in [5.41, 5.74) is 1.10. The average Bonchev–Trinajstić information content (AvgIpc) is 2.78. The van der Waals surface area contributed by atoms with Gasteiger partial charge in [-0.25, -0.2) is 9.18 Å². The molecule has 32 heavy (non-hydrogen) atoms. The quantitative estimate of drug-likeness (QED) is 0.504. The minimum absolute atomic E-state index is 0.133. The largest absolute Gasteiger partial charge is 0.452 e. The summed E-state index contributed by atoms with van der Waals surface area (Å²) in [6.07, 6.45) is 0. The van der Waals surface area contributed by atoms with Gasteiger partial charge in [-0.15, -0.1) is 0 Å². The van der Waals surface area contributed by atoms with Crippen LogP contribution in [0, 0.1) is 5.82 Å². The van der Waals surface area contributed by atoms with Gasteiger partial charge in [-0.05, 0) is 42.8 Å². The van der Waals surface area contributed by atoms with Crippen LogP contribution in [0.1, 0.15) is 39.2 Å². The minimum Gasteiger partial charge on any atom is -0.452 e. The molecule has 2 amide bonds.